The van der Waals surface area contributed by atoms with Gasteiger partial charge in [0.05, 0.1) is 35.8 Å². The number of esters is 1. The number of benzene rings is 1. The molecule has 3 aromatic rings. The molecular weight excluding hydrogens is 464 g/mol. The number of hydrogen-bond acceptors (Lipinski definition) is 7. The number of thiophene rings is 1. The van der Waals surface area contributed by atoms with Crippen molar-refractivity contribution in [2.24, 2.45) is 0 Å². The molecule has 0 spiro atoms. The lowest BCUT2D eigenvalue weighted by molar-refractivity contribution is 0.0600. The van der Waals surface area contributed by atoms with E-state index in [1.54, 1.807) is 15.8 Å². The van der Waals surface area contributed by atoms with Crippen LogP contribution in [-0.4, -0.2) is 72.6 Å². The number of hydrogen-bond donors (Lipinski definition) is 0. The normalized spacial score (nSPS) is 14.9. The third-order valence-electron chi connectivity index (χ3n) is 5.70. The van der Waals surface area contributed by atoms with Gasteiger partial charge in [0.1, 0.15) is 4.21 Å². The fourth-order valence-corrected chi connectivity index (χ4v) is 6.49. The maximum atomic E-state index is 13.1. The molecule has 0 N–H and O–H groups in total. The Hall–Kier alpha value is -3.02. The summed E-state index contributed by atoms with van der Waals surface area (Å²) in [6.45, 7) is 4.71. The molecule has 0 atom stereocenters. The minimum Gasteiger partial charge on any atom is -0.465 e. The van der Waals surface area contributed by atoms with Gasteiger partial charge in [-0.1, -0.05) is 18.2 Å². The van der Waals surface area contributed by atoms with E-state index in [0.29, 0.717) is 5.56 Å². The van der Waals surface area contributed by atoms with Crippen molar-refractivity contribution in [1.29, 1.82) is 0 Å². The summed E-state index contributed by atoms with van der Waals surface area (Å²) in [6, 6.07) is 9.13. The highest BCUT2D eigenvalue weighted by molar-refractivity contribution is 7.91. The first-order chi connectivity index (χ1) is 15.7. The molecule has 9 nitrogen and oxygen atoms in total. The van der Waals surface area contributed by atoms with E-state index in [0.717, 1.165) is 28.3 Å². The lowest BCUT2D eigenvalue weighted by Crippen LogP contribution is -2.50. The van der Waals surface area contributed by atoms with E-state index in [4.69, 9.17) is 0 Å². The summed E-state index contributed by atoms with van der Waals surface area (Å²) in [6.07, 6.45) is 1.56. The molecule has 1 amide bonds. The van der Waals surface area contributed by atoms with Crippen molar-refractivity contribution in [3.8, 4) is 5.69 Å². The van der Waals surface area contributed by atoms with E-state index in [1.807, 2.05) is 38.1 Å². The van der Waals surface area contributed by atoms with Gasteiger partial charge in [0.2, 0.25) is 0 Å². The molecule has 1 aromatic carbocycles. The van der Waals surface area contributed by atoms with Crippen LogP contribution in [0.2, 0.25) is 0 Å². The third kappa shape index (κ3) is 4.31. The number of amides is 1. The SMILES string of the molecule is COC(=O)c1csc(S(=O)(=O)N2CCN(C(=O)c3cnn(-c4ccccc4C)c3C)CC2)c1. The predicted octanol–water partition coefficient (Wildman–Crippen LogP) is 2.48. The van der Waals surface area contributed by atoms with Gasteiger partial charge in [-0.25, -0.2) is 17.9 Å². The molecule has 174 valence electrons. The van der Waals surface area contributed by atoms with E-state index in [9.17, 15) is 18.0 Å². The number of sulfonamides is 1. The average molecular weight is 489 g/mol. The molecule has 11 heteroatoms. The van der Waals surface area contributed by atoms with Crippen LogP contribution in [0.15, 0.2) is 46.1 Å². The second kappa shape index (κ2) is 9.08. The van der Waals surface area contributed by atoms with Gasteiger partial charge in [-0.2, -0.15) is 9.40 Å². The summed E-state index contributed by atoms with van der Waals surface area (Å²) in [4.78, 5) is 26.4. The number of aryl methyl sites for hydroxylation is 1. The van der Waals surface area contributed by atoms with Crippen LogP contribution in [0.1, 0.15) is 32.0 Å². The Morgan fingerprint density at radius 1 is 1.09 bits per heavy atom. The summed E-state index contributed by atoms with van der Waals surface area (Å²) in [5.41, 5.74) is 3.39. The lowest BCUT2D eigenvalue weighted by Gasteiger charge is -2.33. The van der Waals surface area contributed by atoms with Gasteiger partial charge in [-0.05, 0) is 31.5 Å². The van der Waals surface area contributed by atoms with E-state index in [1.165, 1.54) is 22.9 Å². The third-order valence-corrected chi connectivity index (χ3v) is 9.01. The molecule has 1 aliphatic heterocycles. The van der Waals surface area contributed by atoms with Gasteiger partial charge < -0.3 is 9.64 Å². The minimum absolute atomic E-state index is 0.0815. The topological polar surface area (TPSA) is 102 Å². The first kappa shape index (κ1) is 23.1. The zero-order chi connectivity index (χ0) is 23.8. The van der Waals surface area contributed by atoms with Crippen molar-refractivity contribution in [1.82, 2.24) is 19.0 Å². The highest BCUT2D eigenvalue weighted by Crippen LogP contribution is 2.26. The van der Waals surface area contributed by atoms with Crippen LogP contribution in [0.25, 0.3) is 5.69 Å². The molecule has 0 saturated carbocycles. The first-order valence-electron chi connectivity index (χ1n) is 10.3. The van der Waals surface area contributed by atoms with Crippen LogP contribution in [0, 0.1) is 13.8 Å². The van der Waals surface area contributed by atoms with E-state index < -0.39 is 16.0 Å². The molecule has 0 bridgehead atoms. The van der Waals surface area contributed by atoms with Crippen molar-refractivity contribution in [2.45, 2.75) is 18.1 Å². The molecular formula is C22H24N4O5S2. The van der Waals surface area contributed by atoms with Crippen molar-refractivity contribution in [3.63, 3.8) is 0 Å². The molecule has 3 heterocycles. The second-order valence-electron chi connectivity index (χ2n) is 7.68. The van der Waals surface area contributed by atoms with Gasteiger partial charge in [-0.15, -0.1) is 11.3 Å². The quantitative estimate of drug-likeness (QED) is 0.512. The average Bonchev–Trinajstić information content (AvgIpc) is 3.46. The van der Waals surface area contributed by atoms with E-state index in [-0.39, 0.29) is 41.9 Å². The summed E-state index contributed by atoms with van der Waals surface area (Å²) in [5, 5.41) is 5.87. The standard InChI is InChI=1S/C22H24N4O5S2/c1-15-6-4-5-7-19(15)26-16(2)18(13-23-26)21(27)24-8-10-25(11-9-24)33(29,30)20-12-17(14-32-20)22(28)31-3/h4-7,12-14H,8-11H2,1-3H3. The van der Waals surface area contributed by atoms with Crippen LogP contribution >= 0.6 is 11.3 Å². The highest BCUT2D eigenvalue weighted by Gasteiger charge is 2.32. The summed E-state index contributed by atoms with van der Waals surface area (Å²) >= 11 is 0.980. The molecule has 1 fully saturated rings. The molecule has 0 radical (unpaired) electrons. The second-order valence-corrected chi connectivity index (χ2v) is 10.8. The minimum atomic E-state index is -3.75. The largest absolute Gasteiger partial charge is 0.465 e. The Bertz CT molecular complexity index is 1300. The molecule has 1 aliphatic rings. The van der Waals surface area contributed by atoms with Gasteiger partial charge >= 0.3 is 5.97 Å². The van der Waals surface area contributed by atoms with Crippen LogP contribution in [-0.2, 0) is 14.8 Å². The molecule has 4 rings (SSSR count). The van der Waals surface area contributed by atoms with Crippen LogP contribution < -0.4 is 0 Å². The number of aromatic nitrogens is 2. The van der Waals surface area contributed by atoms with Crippen LogP contribution in [0.5, 0.6) is 0 Å². The summed E-state index contributed by atoms with van der Waals surface area (Å²) in [7, 11) is -2.51. The number of para-hydroxylation sites is 1. The number of carbonyl (C=O) groups is 2. The fourth-order valence-electron chi connectivity index (χ4n) is 3.77. The zero-order valence-corrected chi connectivity index (χ0v) is 20.1. The maximum Gasteiger partial charge on any atom is 0.338 e. The molecule has 1 saturated heterocycles. The first-order valence-corrected chi connectivity index (χ1v) is 12.6. The molecule has 33 heavy (non-hydrogen) atoms. The lowest BCUT2D eigenvalue weighted by atomic mass is 10.2. The van der Waals surface area contributed by atoms with Crippen LogP contribution in [0.3, 0.4) is 0 Å². The predicted molar refractivity (Wildman–Crippen MR) is 123 cm³/mol. The highest BCUT2D eigenvalue weighted by atomic mass is 32.2. The number of ether oxygens (including phenoxy) is 1. The van der Waals surface area contributed by atoms with Gasteiger partial charge in [-0.3, -0.25) is 4.79 Å². The van der Waals surface area contributed by atoms with Gasteiger partial charge in [0, 0.05) is 31.6 Å². The molecule has 0 unspecified atom stereocenters. The molecule has 2 aromatic heterocycles. The van der Waals surface area contributed by atoms with Crippen molar-refractivity contribution < 1.29 is 22.7 Å². The Balaban J connectivity index is 1.46. The summed E-state index contributed by atoms with van der Waals surface area (Å²) < 4.78 is 33.8. The maximum absolute atomic E-state index is 13.1. The molecule has 0 aliphatic carbocycles. The fraction of sp³-hybridized carbons (Fsp3) is 0.318. The van der Waals surface area contributed by atoms with E-state index in [2.05, 4.69) is 9.84 Å². The van der Waals surface area contributed by atoms with Crippen molar-refractivity contribution >= 4 is 33.2 Å². The monoisotopic (exact) mass is 488 g/mol. The number of piperazine rings is 1. The van der Waals surface area contributed by atoms with Gasteiger partial charge in [0.15, 0.2) is 0 Å². The zero-order valence-electron chi connectivity index (χ0n) is 18.5. The summed E-state index contributed by atoms with van der Waals surface area (Å²) in [5.74, 6) is -0.752. The Kier molecular flexibility index (Phi) is 6.37. The number of carbonyl (C=O) groups excluding carboxylic acids is 2. The smallest absolute Gasteiger partial charge is 0.338 e. The Labute approximate surface area is 196 Å². The number of rotatable bonds is 5. The van der Waals surface area contributed by atoms with Crippen molar-refractivity contribution in [3.05, 3.63) is 64.3 Å². The Morgan fingerprint density at radius 2 is 1.79 bits per heavy atom. The number of methoxy groups -OCH3 is 1. The Morgan fingerprint density at radius 3 is 2.45 bits per heavy atom. The van der Waals surface area contributed by atoms with Gasteiger partial charge in [0.25, 0.3) is 15.9 Å². The van der Waals surface area contributed by atoms with Crippen LogP contribution in [0.4, 0.5) is 0 Å². The number of nitrogens with zero attached hydrogens (tertiary/aromatic N) is 4. The van der Waals surface area contributed by atoms with E-state index >= 15 is 0 Å². The van der Waals surface area contributed by atoms with Crippen molar-refractivity contribution in [2.75, 3.05) is 33.3 Å².